The van der Waals surface area contributed by atoms with Crippen LogP contribution < -0.4 is 10.1 Å². The predicted octanol–water partition coefficient (Wildman–Crippen LogP) is 4.31. The molecule has 21 heavy (non-hydrogen) atoms. The molecule has 4 heteroatoms. The number of aliphatic hydroxyl groups excluding tert-OH is 1. The highest BCUT2D eigenvalue weighted by molar-refractivity contribution is 5.56. The first-order valence-corrected chi connectivity index (χ1v) is 6.62. The number of hydrogen-bond acceptors (Lipinski definition) is 4. The fraction of sp³-hybridized carbons (Fsp3) is 0.0588. The van der Waals surface area contributed by atoms with Gasteiger partial charge in [0, 0.05) is 17.3 Å². The molecule has 0 amide bonds. The van der Waals surface area contributed by atoms with Crippen molar-refractivity contribution in [2.75, 3.05) is 5.32 Å². The Labute approximate surface area is 122 Å². The minimum absolute atomic E-state index is 0.0327. The van der Waals surface area contributed by atoms with Crippen LogP contribution in [0.2, 0.25) is 0 Å². The van der Waals surface area contributed by atoms with Gasteiger partial charge in [0.2, 0.25) is 0 Å². The second-order valence-electron chi connectivity index (χ2n) is 4.54. The van der Waals surface area contributed by atoms with Crippen molar-refractivity contribution in [1.82, 2.24) is 0 Å². The Morgan fingerprint density at radius 2 is 1.67 bits per heavy atom. The van der Waals surface area contributed by atoms with Gasteiger partial charge in [0.05, 0.1) is 12.9 Å². The van der Waals surface area contributed by atoms with Crippen LogP contribution in [0.1, 0.15) is 5.56 Å². The van der Waals surface area contributed by atoms with Crippen LogP contribution in [0, 0.1) is 0 Å². The summed E-state index contributed by atoms with van der Waals surface area (Å²) in [5, 5.41) is 12.1. The molecule has 0 aliphatic rings. The van der Waals surface area contributed by atoms with Crippen molar-refractivity contribution in [2.45, 2.75) is 6.61 Å². The lowest BCUT2D eigenvalue weighted by Gasteiger charge is -2.07. The van der Waals surface area contributed by atoms with Gasteiger partial charge < -0.3 is 19.6 Å². The van der Waals surface area contributed by atoms with Crippen molar-refractivity contribution in [2.24, 2.45) is 0 Å². The van der Waals surface area contributed by atoms with E-state index in [2.05, 4.69) is 5.32 Å². The quantitative estimate of drug-likeness (QED) is 0.731. The predicted molar refractivity (Wildman–Crippen MR) is 80.9 cm³/mol. The third kappa shape index (κ3) is 3.43. The molecule has 106 valence electrons. The van der Waals surface area contributed by atoms with Gasteiger partial charge in [0.15, 0.2) is 5.88 Å². The summed E-state index contributed by atoms with van der Waals surface area (Å²) in [7, 11) is 0. The topological polar surface area (TPSA) is 54.6 Å². The Hall–Kier alpha value is -2.72. The maximum absolute atomic E-state index is 8.99. The number of anilines is 2. The fourth-order valence-corrected chi connectivity index (χ4v) is 1.90. The summed E-state index contributed by atoms with van der Waals surface area (Å²) in [6.07, 6.45) is 1.52. The zero-order chi connectivity index (χ0) is 14.5. The molecule has 3 aromatic rings. The average molecular weight is 281 g/mol. The maximum Gasteiger partial charge on any atom is 0.197 e. The van der Waals surface area contributed by atoms with Gasteiger partial charge in [-0.2, -0.15) is 0 Å². The van der Waals surface area contributed by atoms with Gasteiger partial charge in [0.25, 0.3) is 0 Å². The lowest BCUT2D eigenvalue weighted by atomic mass is 10.3. The van der Waals surface area contributed by atoms with E-state index in [1.54, 1.807) is 6.07 Å². The van der Waals surface area contributed by atoms with Gasteiger partial charge in [-0.3, -0.25) is 0 Å². The van der Waals surface area contributed by atoms with Gasteiger partial charge in [-0.15, -0.1) is 0 Å². The molecular formula is C17H15NO3. The molecule has 0 radical (unpaired) electrons. The summed E-state index contributed by atoms with van der Waals surface area (Å²) in [5.41, 5.74) is 1.62. The van der Waals surface area contributed by atoms with Crippen molar-refractivity contribution < 1.29 is 14.3 Å². The molecule has 0 saturated heterocycles. The summed E-state index contributed by atoms with van der Waals surface area (Å²) >= 11 is 0. The highest BCUT2D eigenvalue weighted by Crippen LogP contribution is 2.25. The monoisotopic (exact) mass is 281 g/mol. The zero-order valence-electron chi connectivity index (χ0n) is 11.3. The van der Waals surface area contributed by atoms with Gasteiger partial charge in [-0.1, -0.05) is 18.2 Å². The van der Waals surface area contributed by atoms with Gasteiger partial charge >= 0.3 is 0 Å². The molecule has 0 aliphatic carbocycles. The number of aliphatic hydroxyl groups is 1. The summed E-state index contributed by atoms with van der Waals surface area (Å²) in [4.78, 5) is 0. The third-order valence-electron chi connectivity index (χ3n) is 2.94. The van der Waals surface area contributed by atoms with Crippen LogP contribution in [0.25, 0.3) is 0 Å². The molecule has 2 aromatic carbocycles. The van der Waals surface area contributed by atoms with Crippen LogP contribution in [-0.2, 0) is 6.61 Å². The molecule has 0 spiro atoms. The first kappa shape index (κ1) is 13.3. The van der Waals surface area contributed by atoms with Crippen molar-refractivity contribution in [3.63, 3.8) is 0 Å². The lowest BCUT2D eigenvalue weighted by molar-refractivity contribution is 0.280. The SMILES string of the molecule is OCc1coc(Nc2ccc(Oc3ccccc3)cc2)c1. The molecule has 4 nitrogen and oxygen atoms in total. The van der Waals surface area contributed by atoms with E-state index in [1.807, 2.05) is 54.6 Å². The van der Waals surface area contributed by atoms with Crippen LogP contribution in [0.4, 0.5) is 11.6 Å². The first-order chi connectivity index (χ1) is 10.3. The molecule has 0 fully saturated rings. The van der Waals surface area contributed by atoms with Crippen molar-refractivity contribution in [3.05, 3.63) is 72.5 Å². The number of furan rings is 1. The van der Waals surface area contributed by atoms with E-state index in [-0.39, 0.29) is 6.61 Å². The molecule has 2 N–H and O–H groups in total. The van der Waals surface area contributed by atoms with E-state index in [0.29, 0.717) is 5.88 Å². The third-order valence-corrected chi connectivity index (χ3v) is 2.94. The number of nitrogens with one attached hydrogen (secondary N) is 1. The molecular weight excluding hydrogens is 266 g/mol. The normalized spacial score (nSPS) is 10.3. The van der Waals surface area contributed by atoms with E-state index in [1.165, 1.54) is 6.26 Å². The minimum Gasteiger partial charge on any atom is -0.457 e. The standard InChI is InChI=1S/C17H15NO3/c19-11-13-10-17(20-12-13)18-14-6-8-16(9-7-14)21-15-4-2-1-3-5-15/h1-10,12,18-19H,11H2. The summed E-state index contributed by atoms with van der Waals surface area (Å²) in [6, 6.07) is 19.0. The van der Waals surface area contributed by atoms with Gasteiger partial charge in [-0.25, -0.2) is 0 Å². The van der Waals surface area contributed by atoms with E-state index in [9.17, 15) is 0 Å². The number of hydrogen-bond donors (Lipinski definition) is 2. The van der Waals surface area contributed by atoms with Gasteiger partial charge in [-0.05, 0) is 36.4 Å². The van der Waals surface area contributed by atoms with E-state index >= 15 is 0 Å². The van der Waals surface area contributed by atoms with E-state index in [4.69, 9.17) is 14.3 Å². The average Bonchev–Trinajstić information content (AvgIpc) is 2.98. The highest BCUT2D eigenvalue weighted by Gasteiger charge is 2.02. The van der Waals surface area contributed by atoms with E-state index in [0.717, 1.165) is 22.7 Å². The summed E-state index contributed by atoms with van der Waals surface area (Å²) in [5.74, 6) is 2.16. The second-order valence-corrected chi connectivity index (χ2v) is 4.54. The molecule has 1 aromatic heterocycles. The highest BCUT2D eigenvalue weighted by atomic mass is 16.5. The van der Waals surface area contributed by atoms with E-state index < -0.39 is 0 Å². The van der Waals surface area contributed by atoms with Crippen LogP contribution in [0.3, 0.4) is 0 Å². The Kier molecular flexibility index (Phi) is 3.89. The Bertz CT molecular complexity index is 690. The zero-order valence-corrected chi connectivity index (χ0v) is 11.3. The number of rotatable bonds is 5. The van der Waals surface area contributed by atoms with Crippen molar-refractivity contribution in [3.8, 4) is 11.5 Å². The molecule has 0 bridgehead atoms. The fourth-order valence-electron chi connectivity index (χ4n) is 1.90. The minimum atomic E-state index is -0.0327. The lowest BCUT2D eigenvalue weighted by Crippen LogP contribution is -1.89. The molecule has 0 saturated carbocycles. The molecule has 0 atom stereocenters. The van der Waals surface area contributed by atoms with Crippen molar-refractivity contribution in [1.29, 1.82) is 0 Å². The number of para-hydroxylation sites is 1. The Morgan fingerprint density at radius 1 is 0.952 bits per heavy atom. The number of benzene rings is 2. The first-order valence-electron chi connectivity index (χ1n) is 6.62. The second kappa shape index (κ2) is 6.15. The molecule has 1 heterocycles. The summed E-state index contributed by atoms with van der Waals surface area (Å²) in [6.45, 7) is -0.0327. The Balaban J connectivity index is 1.66. The van der Waals surface area contributed by atoms with Crippen LogP contribution in [0.5, 0.6) is 11.5 Å². The molecule has 3 rings (SSSR count). The largest absolute Gasteiger partial charge is 0.457 e. The van der Waals surface area contributed by atoms with Crippen molar-refractivity contribution >= 4 is 11.6 Å². The van der Waals surface area contributed by atoms with Crippen LogP contribution in [0.15, 0.2) is 71.3 Å². The smallest absolute Gasteiger partial charge is 0.197 e. The van der Waals surface area contributed by atoms with Crippen LogP contribution in [-0.4, -0.2) is 5.11 Å². The number of ether oxygens (including phenoxy) is 1. The molecule has 0 unspecified atom stereocenters. The molecule has 0 aliphatic heterocycles. The summed E-state index contributed by atoms with van der Waals surface area (Å²) < 4.78 is 11.0. The van der Waals surface area contributed by atoms with Gasteiger partial charge in [0.1, 0.15) is 11.5 Å². The maximum atomic E-state index is 8.99. The Morgan fingerprint density at radius 3 is 2.33 bits per heavy atom. The van der Waals surface area contributed by atoms with Crippen LogP contribution >= 0.6 is 0 Å².